The number of carbonyl (C=O) groups is 1. The number of hydrogen-bond donors (Lipinski definition) is 1. The van der Waals surface area contributed by atoms with E-state index in [0.717, 1.165) is 42.6 Å². The standard InChI is InChI=1S/C16H21N3O2S/c1-3-19(4-2)13(20)9-8-12-17-15(21)14-10-6-5-7-11(10)22-16(14)18-12/h3-9H2,1-2H3,(H,17,18,21). The van der Waals surface area contributed by atoms with E-state index in [1.165, 1.54) is 10.4 Å². The van der Waals surface area contributed by atoms with E-state index in [1.54, 1.807) is 16.2 Å². The van der Waals surface area contributed by atoms with E-state index in [9.17, 15) is 9.59 Å². The summed E-state index contributed by atoms with van der Waals surface area (Å²) in [6.45, 7) is 5.38. The summed E-state index contributed by atoms with van der Waals surface area (Å²) in [5.41, 5.74) is 1.15. The number of rotatable bonds is 5. The average Bonchev–Trinajstić information content (AvgIpc) is 3.06. The molecule has 0 fully saturated rings. The lowest BCUT2D eigenvalue weighted by Crippen LogP contribution is -2.30. The van der Waals surface area contributed by atoms with Crippen LogP contribution in [-0.4, -0.2) is 33.9 Å². The fourth-order valence-electron chi connectivity index (χ4n) is 3.13. The average molecular weight is 319 g/mol. The molecule has 5 nitrogen and oxygen atoms in total. The van der Waals surface area contributed by atoms with Crippen LogP contribution >= 0.6 is 11.3 Å². The van der Waals surface area contributed by atoms with Crippen molar-refractivity contribution in [3.05, 3.63) is 26.6 Å². The summed E-state index contributed by atoms with van der Waals surface area (Å²) in [6, 6.07) is 0. The molecule has 118 valence electrons. The Hall–Kier alpha value is -1.69. The minimum atomic E-state index is -0.0466. The fraction of sp³-hybridized carbons (Fsp3) is 0.562. The Balaban J connectivity index is 1.81. The number of thiophene rings is 1. The lowest BCUT2D eigenvalue weighted by atomic mass is 10.2. The highest BCUT2D eigenvalue weighted by Crippen LogP contribution is 2.34. The second kappa shape index (κ2) is 6.20. The van der Waals surface area contributed by atoms with Crippen LogP contribution in [0.5, 0.6) is 0 Å². The van der Waals surface area contributed by atoms with Gasteiger partial charge in [0.25, 0.3) is 5.56 Å². The Bertz CT molecular complexity index is 759. The molecule has 3 rings (SSSR count). The molecule has 2 aromatic rings. The van der Waals surface area contributed by atoms with Gasteiger partial charge in [-0.2, -0.15) is 0 Å². The van der Waals surface area contributed by atoms with Crippen molar-refractivity contribution in [2.75, 3.05) is 13.1 Å². The highest BCUT2D eigenvalue weighted by molar-refractivity contribution is 7.18. The van der Waals surface area contributed by atoms with Crippen LogP contribution in [0.2, 0.25) is 0 Å². The van der Waals surface area contributed by atoms with E-state index in [2.05, 4.69) is 9.97 Å². The molecule has 0 aliphatic heterocycles. The number of carbonyl (C=O) groups excluding carboxylic acids is 1. The van der Waals surface area contributed by atoms with Gasteiger partial charge in [-0.15, -0.1) is 11.3 Å². The first kappa shape index (κ1) is 15.2. The minimum Gasteiger partial charge on any atom is -0.343 e. The van der Waals surface area contributed by atoms with Crippen molar-refractivity contribution in [3.63, 3.8) is 0 Å². The summed E-state index contributed by atoms with van der Waals surface area (Å²) in [7, 11) is 0. The largest absolute Gasteiger partial charge is 0.343 e. The Kier molecular flexibility index (Phi) is 4.29. The molecule has 2 heterocycles. The first-order valence-corrected chi connectivity index (χ1v) is 8.76. The van der Waals surface area contributed by atoms with Gasteiger partial charge in [0.2, 0.25) is 5.91 Å². The minimum absolute atomic E-state index is 0.0466. The Morgan fingerprint density at radius 1 is 1.32 bits per heavy atom. The smallest absolute Gasteiger partial charge is 0.259 e. The molecule has 1 aliphatic carbocycles. The zero-order chi connectivity index (χ0) is 15.7. The number of aromatic nitrogens is 2. The van der Waals surface area contributed by atoms with Crippen molar-refractivity contribution in [1.82, 2.24) is 14.9 Å². The zero-order valence-electron chi connectivity index (χ0n) is 13.1. The van der Waals surface area contributed by atoms with Crippen molar-refractivity contribution in [2.24, 2.45) is 0 Å². The first-order valence-electron chi connectivity index (χ1n) is 7.95. The second-order valence-electron chi connectivity index (χ2n) is 5.62. The maximum Gasteiger partial charge on any atom is 0.259 e. The molecule has 0 atom stereocenters. The summed E-state index contributed by atoms with van der Waals surface area (Å²) in [6.07, 6.45) is 4.06. The lowest BCUT2D eigenvalue weighted by molar-refractivity contribution is -0.130. The molecule has 1 aliphatic rings. The van der Waals surface area contributed by atoms with E-state index in [0.29, 0.717) is 18.7 Å². The maximum absolute atomic E-state index is 12.3. The first-order chi connectivity index (χ1) is 10.6. The molecule has 6 heteroatoms. The molecule has 1 N–H and O–H groups in total. The molecule has 2 aromatic heterocycles. The van der Waals surface area contributed by atoms with Crippen LogP contribution in [0.4, 0.5) is 0 Å². The highest BCUT2D eigenvalue weighted by Gasteiger charge is 2.21. The van der Waals surface area contributed by atoms with E-state index >= 15 is 0 Å². The number of amides is 1. The predicted octanol–water partition coefficient (Wildman–Crippen LogP) is 2.27. The third-order valence-electron chi connectivity index (χ3n) is 4.32. The number of aryl methyl sites for hydroxylation is 3. The molecule has 0 unspecified atom stereocenters. The molecular weight excluding hydrogens is 298 g/mol. The fourth-order valence-corrected chi connectivity index (χ4v) is 4.41. The topological polar surface area (TPSA) is 66.1 Å². The molecular formula is C16H21N3O2S. The Morgan fingerprint density at radius 3 is 2.82 bits per heavy atom. The van der Waals surface area contributed by atoms with Gasteiger partial charge in [0.05, 0.1) is 5.39 Å². The van der Waals surface area contributed by atoms with E-state index < -0.39 is 0 Å². The Morgan fingerprint density at radius 2 is 2.09 bits per heavy atom. The van der Waals surface area contributed by atoms with Gasteiger partial charge < -0.3 is 9.88 Å². The van der Waals surface area contributed by atoms with Crippen LogP contribution in [-0.2, 0) is 24.1 Å². The summed E-state index contributed by atoms with van der Waals surface area (Å²) in [5, 5.41) is 0.774. The van der Waals surface area contributed by atoms with Gasteiger partial charge in [-0.05, 0) is 38.7 Å². The van der Waals surface area contributed by atoms with Gasteiger partial charge in [-0.25, -0.2) is 4.98 Å². The highest BCUT2D eigenvalue weighted by atomic mass is 32.1. The van der Waals surface area contributed by atoms with Crippen molar-refractivity contribution in [3.8, 4) is 0 Å². The van der Waals surface area contributed by atoms with Crippen molar-refractivity contribution < 1.29 is 4.79 Å². The van der Waals surface area contributed by atoms with E-state index in [4.69, 9.17) is 0 Å². The molecule has 0 radical (unpaired) electrons. The van der Waals surface area contributed by atoms with Gasteiger partial charge in [0.15, 0.2) is 0 Å². The van der Waals surface area contributed by atoms with E-state index in [-0.39, 0.29) is 11.5 Å². The number of aromatic amines is 1. The van der Waals surface area contributed by atoms with Crippen LogP contribution < -0.4 is 5.56 Å². The molecule has 0 saturated carbocycles. The van der Waals surface area contributed by atoms with Crippen LogP contribution in [0.3, 0.4) is 0 Å². The molecule has 22 heavy (non-hydrogen) atoms. The molecule has 1 amide bonds. The van der Waals surface area contributed by atoms with Gasteiger partial charge in [-0.1, -0.05) is 0 Å². The van der Waals surface area contributed by atoms with Crippen molar-refractivity contribution >= 4 is 27.5 Å². The Labute approximate surface area is 133 Å². The number of fused-ring (bicyclic) bond motifs is 3. The number of hydrogen-bond acceptors (Lipinski definition) is 4. The van der Waals surface area contributed by atoms with Crippen LogP contribution in [0.15, 0.2) is 4.79 Å². The zero-order valence-corrected chi connectivity index (χ0v) is 13.9. The van der Waals surface area contributed by atoms with Crippen LogP contribution in [0, 0.1) is 0 Å². The maximum atomic E-state index is 12.3. The van der Waals surface area contributed by atoms with Crippen molar-refractivity contribution in [2.45, 2.75) is 46.0 Å². The quantitative estimate of drug-likeness (QED) is 0.919. The second-order valence-corrected chi connectivity index (χ2v) is 6.70. The third kappa shape index (κ3) is 2.67. The number of nitrogens with zero attached hydrogens (tertiary/aromatic N) is 2. The number of nitrogens with one attached hydrogen (secondary N) is 1. The van der Waals surface area contributed by atoms with Gasteiger partial charge in [-0.3, -0.25) is 9.59 Å². The van der Waals surface area contributed by atoms with E-state index in [1.807, 2.05) is 13.8 Å². The molecule has 0 saturated heterocycles. The SMILES string of the molecule is CCN(CC)C(=O)CCc1nc2sc3c(c2c(=O)[nH]1)CCC3. The third-order valence-corrected chi connectivity index (χ3v) is 5.50. The summed E-state index contributed by atoms with van der Waals surface area (Å²) < 4.78 is 0. The monoisotopic (exact) mass is 319 g/mol. The molecule has 0 bridgehead atoms. The van der Waals surface area contributed by atoms with Crippen LogP contribution in [0.1, 0.15) is 43.0 Å². The summed E-state index contributed by atoms with van der Waals surface area (Å²) >= 11 is 1.64. The lowest BCUT2D eigenvalue weighted by Gasteiger charge is -2.18. The normalized spacial score (nSPS) is 13.5. The molecule has 0 spiro atoms. The molecule has 0 aromatic carbocycles. The summed E-state index contributed by atoms with van der Waals surface area (Å²) in [4.78, 5) is 35.8. The van der Waals surface area contributed by atoms with Crippen LogP contribution in [0.25, 0.3) is 10.2 Å². The van der Waals surface area contributed by atoms with Gasteiger partial charge >= 0.3 is 0 Å². The number of H-pyrrole nitrogens is 1. The predicted molar refractivity (Wildman–Crippen MR) is 88.5 cm³/mol. The van der Waals surface area contributed by atoms with Crippen molar-refractivity contribution in [1.29, 1.82) is 0 Å². The van der Waals surface area contributed by atoms with Gasteiger partial charge in [0, 0.05) is 30.8 Å². The van der Waals surface area contributed by atoms with Gasteiger partial charge in [0.1, 0.15) is 10.7 Å². The summed E-state index contributed by atoms with van der Waals surface area (Å²) in [5.74, 6) is 0.736.